The largest absolute Gasteiger partial charge is 0.508 e. The van der Waals surface area contributed by atoms with Crippen LogP contribution in [0.5, 0.6) is 11.5 Å². The number of rotatable bonds is 12. The van der Waals surface area contributed by atoms with Gasteiger partial charge in [-0.25, -0.2) is 4.79 Å². The van der Waals surface area contributed by atoms with Crippen molar-refractivity contribution < 1.29 is 48.3 Å². The van der Waals surface area contributed by atoms with Crippen LogP contribution in [0.2, 0.25) is 0 Å². The van der Waals surface area contributed by atoms with E-state index < -0.39 is 66.3 Å². The monoisotopic (exact) mass is 754 g/mol. The van der Waals surface area contributed by atoms with E-state index in [2.05, 4.69) is 31.1 Å². The highest BCUT2D eigenvalue weighted by atomic mass is 19.3. The molecule has 3 heterocycles. The molecule has 2 aromatic carbocycles. The van der Waals surface area contributed by atoms with Crippen molar-refractivity contribution in [2.75, 3.05) is 18.5 Å². The summed E-state index contributed by atoms with van der Waals surface area (Å²) in [6.45, 7) is 8.12. The molecule has 3 amide bonds. The topological polar surface area (TPSA) is 243 Å². The second-order valence-electron chi connectivity index (χ2n) is 13.2. The molecule has 1 fully saturated rings. The number of aliphatic hydroxyl groups excluding tert-OH is 2. The fourth-order valence-corrected chi connectivity index (χ4v) is 5.83. The maximum Gasteiger partial charge on any atom is 0.351 e. The molecule has 17 nitrogen and oxygen atoms in total. The summed E-state index contributed by atoms with van der Waals surface area (Å²) in [5, 5.41) is 56.1. The number of nitrogens with zero attached hydrogens (tertiary/aromatic N) is 5. The van der Waals surface area contributed by atoms with Gasteiger partial charge in [0, 0.05) is 30.1 Å². The van der Waals surface area contributed by atoms with Crippen molar-refractivity contribution >= 4 is 23.5 Å². The van der Waals surface area contributed by atoms with E-state index >= 15 is 0 Å². The molecule has 0 aliphatic carbocycles. The fraction of sp³-hybridized carbons (Fsp3) is 0.400. The van der Waals surface area contributed by atoms with Gasteiger partial charge in [-0.2, -0.15) is 13.8 Å². The first-order chi connectivity index (χ1) is 25.5. The number of carbonyl (C=O) groups is 3. The molecule has 288 valence electrons. The maximum atomic E-state index is 14.6. The number of ether oxygens (including phenoxy) is 1. The smallest absolute Gasteiger partial charge is 0.351 e. The predicted octanol–water partition coefficient (Wildman–Crippen LogP) is 2.05. The van der Waals surface area contributed by atoms with Crippen molar-refractivity contribution in [2.24, 2.45) is 5.92 Å². The summed E-state index contributed by atoms with van der Waals surface area (Å²) in [4.78, 5) is 56.0. The Labute approximate surface area is 306 Å². The van der Waals surface area contributed by atoms with Crippen LogP contribution >= 0.6 is 0 Å². The molecule has 1 aliphatic heterocycles. The molecule has 0 bridgehead atoms. The third-order valence-corrected chi connectivity index (χ3v) is 8.73. The minimum atomic E-state index is -3.92. The van der Waals surface area contributed by atoms with Crippen molar-refractivity contribution in [3.8, 4) is 28.6 Å². The molecular formula is C35H40F2N8O9. The summed E-state index contributed by atoms with van der Waals surface area (Å²) in [7, 11) is 0. The quantitative estimate of drug-likeness (QED) is 0.110. The molecule has 1 aliphatic rings. The number of phenols is 2. The van der Waals surface area contributed by atoms with E-state index in [1.165, 1.54) is 34.9 Å². The van der Waals surface area contributed by atoms with Gasteiger partial charge in [-0.05, 0) is 60.7 Å². The number of anilines is 1. The van der Waals surface area contributed by atoms with Gasteiger partial charge < -0.3 is 41.1 Å². The lowest BCUT2D eigenvalue weighted by Gasteiger charge is -2.22. The molecule has 54 heavy (non-hydrogen) atoms. The van der Waals surface area contributed by atoms with E-state index in [-0.39, 0.29) is 52.6 Å². The molecular weight excluding hydrogens is 714 g/mol. The van der Waals surface area contributed by atoms with Gasteiger partial charge in [-0.1, -0.05) is 27.7 Å². The summed E-state index contributed by atoms with van der Waals surface area (Å²) < 4.78 is 35.9. The van der Waals surface area contributed by atoms with Crippen LogP contribution in [0.1, 0.15) is 73.3 Å². The van der Waals surface area contributed by atoms with Crippen LogP contribution in [0.4, 0.5) is 14.6 Å². The lowest BCUT2D eigenvalue weighted by molar-refractivity contribution is -0.141. The SMILES string of the molecule is CCNC(=O)c1nnc(-c2cc(C(C)C)c(O)cc2O)n1-c1ccc(C(=O)NC(C(=O)Nc2ccn([C@@H]3O[C@H](CO)[C@@H](O)C3(F)F)c(=O)n2)C(C)C)cc1. The lowest BCUT2D eigenvalue weighted by Crippen LogP contribution is -2.47. The molecule has 1 saturated heterocycles. The van der Waals surface area contributed by atoms with Crippen LogP contribution in [-0.2, 0) is 9.53 Å². The third kappa shape index (κ3) is 7.64. The normalized spacial score (nSPS) is 18.5. The Balaban J connectivity index is 1.37. The molecule has 19 heteroatoms. The number of aliphatic hydroxyl groups is 2. The van der Waals surface area contributed by atoms with E-state index in [1.54, 1.807) is 26.8 Å². The molecule has 0 spiro atoms. The fourth-order valence-electron chi connectivity index (χ4n) is 5.83. The molecule has 0 radical (unpaired) electrons. The summed E-state index contributed by atoms with van der Waals surface area (Å²) in [5.74, 6) is -7.28. The lowest BCUT2D eigenvalue weighted by atomic mass is 9.98. The Morgan fingerprint density at radius 1 is 1.00 bits per heavy atom. The number of nitrogens with one attached hydrogen (secondary N) is 3. The highest BCUT2D eigenvalue weighted by Gasteiger charge is 2.59. The summed E-state index contributed by atoms with van der Waals surface area (Å²) in [6.07, 6.45) is -5.36. The summed E-state index contributed by atoms with van der Waals surface area (Å²) >= 11 is 0. The van der Waals surface area contributed by atoms with Gasteiger partial charge in [-0.15, -0.1) is 10.2 Å². The van der Waals surface area contributed by atoms with E-state index in [0.717, 1.165) is 12.3 Å². The standard InChI is InChI=1S/C35H40F2N8O9/c1-6-38-32(52)29-43-42-28(21-13-20(16(2)3)22(47)14-23(21)48)45(29)19-9-7-18(8-10-19)30(50)41-26(17(4)5)31(51)39-25-11-12-44(34(53)40-25)33-35(36,37)27(49)24(15-46)54-33/h7-14,16-17,24,26-27,33,46-49H,6,15H2,1-5H3,(H,38,52)(H,41,50)(H,39,40,51,53)/t24-,26?,27-,33-/m1/s1. The minimum Gasteiger partial charge on any atom is -0.508 e. The second kappa shape index (κ2) is 15.7. The zero-order chi connectivity index (χ0) is 39.6. The Bertz CT molecular complexity index is 2100. The number of aromatic nitrogens is 5. The van der Waals surface area contributed by atoms with Gasteiger partial charge in [0.2, 0.25) is 18.0 Å². The number of carbonyl (C=O) groups excluding carboxylic acids is 3. The molecule has 1 unspecified atom stereocenters. The molecule has 5 rings (SSSR count). The van der Waals surface area contributed by atoms with Crippen molar-refractivity contribution in [3.05, 3.63) is 76.1 Å². The number of halogens is 2. The number of aromatic hydroxyl groups is 2. The predicted molar refractivity (Wildman–Crippen MR) is 187 cm³/mol. The number of phenolic OH excluding ortho intramolecular Hbond substituents is 2. The summed E-state index contributed by atoms with van der Waals surface area (Å²) in [6, 6.07) is 8.51. The Morgan fingerprint density at radius 2 is 1.69 bits per heavy atom. The zero-order valence-electron chi connectivity index (χ0n) is 29.8. The van der Waals surface area contributed by atoms with Crippen molar-refractivity contribution in [1.82, 2.24) is 34.9 Å². The Kier molecular flexibility index (Phi) is 11.4. The van der Waals surface area contributed by atoms with E-state index in [1.807, 2.05) is 13.8 Å². The number of benzene rings is 2. The van der Waals surface area contributed by atoms with E-state index in [9.17, 15) is 48.4 Å². The first-order valence-corrected chi connectivity index (χ1v) is 16.9. The number of hydrogen-bond donors (Lipinski definition) is 7. The number of alkyl halides is 2. The molecule has 0 saturated carbocycles. The van der Waals surface area contributed by atoms with Gasteiger partial charge >= 0.3 is 11.6 Å². The molecule has 2 aromatic heterocycles. The number of hydrogen-bond acceptors (Lipinski definition) is 12. The molecule has 4 aromatic rings. The van der Waals surface area contributed by atoms with Gasteiger partial charge in [0.15, 0.2) is 11.9 Å². The van der Waals surface area contributed by atoms with Gasteiger partial charge in [0.1, 0.15) is 29.5 Å². The third-order valence-electron chi connectivity index (χ3n) is 8.73. The average Bonchev–Trinajstić information content (AvgIpc) is 3.65. The highest BCUT2D eigenvalue weighted by Crippen LogP contribution is 2.42. The van der Waals surface area contributed by atoms with Crippen LogP contribution in [0.3, 0.4) is 0 Å². The second-order valence-corrected chi connectivity index (χ2v) is 13.2. The van der Waals surface area contributed by atoms with Crippen molar-refractivity contribution in [2.45, 2.75) is 70.9 Å². The first kappa shape index (κ1) is 39.4. The van der Waals surface area contributed by atoms with Crippen LogP contribution in [0.15, 0.2) is 53.5 Å². The Hall–Kier alpha value is -5.79. The van der Waals surface area contributed by atoms with Crippen molar-refractivity contribution in [1.29, 1.82) is 0 Å². The average molecular weight is 755 g/mol. The van der Waals surface area contributed by atoms with Gasteiger partial charge in [-0.3, -0.25) is 23.5 Å². The number of amides is 3. The first-order valence-electron chi connectivity index (χ1n) is 16.9. The molecule has 4 atom stereocenters. The van der Waals surface area contributed by atoms with Gasteiger partial charge in [0.05, 0.1) is 12.2 Å². The maximum absolute atomic E-state index is 14.6. The highest BCUT2D eigenvalue weighted by molar-refractivity contribution is 6.01. The zero-order valence-corrected chi connectivity index (χ0v) is 29.8. The summed E-state index contributed by atoms with van der Waals surface area (Å²) in [5.41, 5.74) is -0.0668. The molecule has 7 N–H and O–H groups in total. The Morgan fingerprint density at radius 3 is 2.26 bits per heavy atom. The van der Waals surface area contributed by atoms with Crippen LogP contribution in [-0.4, -0.2) is 99.8 Å². The van der Waals surface area contributed by atoms with Crippen LogP contribution < -0.4 is 21.6 Å². The minimum absolute atomic E-state index is 0.0853. The van der Waals surface area contributed by atoms with Crippen LogP contribution in [0, 0.1) is 5.92 Å². The van der Waals surface area contributed by atoms with Crippen LogP contribution in [0.25, 0.3) is 17.1 Å². The van der Waals surface area contributed by atoms with E-state index in [4.69, 9.17) is 4.74 Å². The van der Waals surface area contributed by atoms with Crippen molar-refractivity contribution in [3.63, 3.8) is 0 Å². The van der Waals surface area contributed by atoms with E-state index in [0.29, 0.717) is 15.8 Å². The van der Waals surface area contributed by atoms with Gasteiger partial charge in [0.25, 0.3) is 11.8 Å².